The lowest BCUT2D eigenvalue weighted by molar-refractivity contribution is 0.243. The van der Waals surface area contributed by atoms with Crippen LogP contribution in [0, 0.1) is 6.92 Å². The Morgan fingerprint density at radius 3 is 2.72 bits per heavy atom. The molecule has 1 aromatic carbocycles. The van der Waals surface area contributed by atoms with Crippen LogP contribution >= 0.6 is 11.3 Å². The summed E-state index contributed by atoms with van der Waals surface area (Å²) in [7, 11) is 0. The van der Waals surface area contributed by atoms with Crippen LogP contribution in [0.4, 0.5) is 0 Å². The minimum atomic E-state index is 0.586. The van der Waals surface area contributed by atoms with Gasteiger partial charge in [-0.2, -0.15) is 0 Å². The van der Waals surface area contributed by atoms with Crippen molar-refractivity contribution in [2.45, 2.75) is 64.5 Å². The molecule has 4 nitrogen and oxygen atoms in total. The van der Waals surface area contributed by atoms with E-state index in [0.29, 0.717) is 5.92 Å². The first-order valence-electron chi connectivity index (χ1n) is 10.8. The zero-order valence-electron chi connectivity index (χ0n) is 17.1. The summed E-state index contributed by atoms with van der Waals surface area (Å²) < 4.78 is 0. The highest BCUT2D eigenvalue weighted by Crippen LogP contribution is 2.32. The van der Waals surface area contributed by atoms with Crippen molar-refractivity contribution in [3.05, 3.63) is 64.2 Å². The van der Waals surface area contributed by atoms with E-state index in [4.69, 9.17) is 15.0 Å². The number of nitrogens with zero attached hydrogens (tertiary/aromatic N) is 4. The average molecular weight is 405 g/mol. The van der Waals surface area contributed by atoms with Crippen molar-refractivity contribution in [2.75, 3.05) is 6.54 Å². The molecule has 2 aliphatic rings. The van der Waals surface area contributed by atoms with Crippen LogP contribution in [0.5, 0.6) is 0 Å². The predicted octanol–water partition coefficient (Wildman–Crippen LogP) is 5.51. The third kappa shape index (κ3) is 4.12. The first kappa shape index (κ1) is 18.9. The van der Waals surface area contributed by atoms with Gasteiger partial charge in [0.05, 0.1) is 5.69 Å². The van der Waals surface area contributed by atoms with E-state index < -0.39 is 0 Å². The number of rotatable bonds is 4. The third-order valence-electron chi connectivity index (χ3n) is 6.28. The normalized spacial score (nSPS) is 18.0. The maximum atomic E-state index is 4.99. The Bertz CT molecular complexity index is 976. The number of thiazole rings is 1. The number of benzene rings is 1. The monoisotopic (exact) mass is 404 g/mol. The highest BCUT2D eigenvalue weighted by molar-refractivity contribution is 7.15. The van der Waals surface area contributed by atoms with Crippen molar-refractivity contribution in [3.8, 4) is 10.6 Å². The van der Waals surface area contributed by atoms with Gasteiger partial charge in [0.1, 0.15) is 10.8 Å². The second kappa shape index (κ2) is 8.33. The fraction of sp³-hybridized carbons (Fsp3) is 0.458. The maximum Gasteiger partial charge on any atom is 0.131 e. The minimum Gasteiger partial charge on any atom is -0.293 e. The quantitative estimate of drug-likeness (QED) is 0.575. The molecule has 1 aliphatic carbocycles. The van der Waals surface area contributed by atoms with E-state index in [1.807, 2.05) is 11.3 Å². The summed E-state index contributed by atoms with van der Waals surface area (Å²) in [6, 6.07) is 10.5. The fourth-order valence-electron chi connectivity index (χ4n) is 4.56. The van der Waals surface area contributed by atoms with Crippen molar-refractivity contribution in [2.24, 2.45) is 0 Å². The van der Waals surface area contributed by atoms with Gasteiger partial charge in [0.2, 0.25) is 0 Å². The molecule has 0 N–H and O–H groups in total. The fourth-order valence-corrected chi connectivity index (χ4v) is 5.67. The van der Waals surface area contributed by atoms with Crippen LogP contribution in [0.2, 0.25) is 0 Å². The molecular weight excluding hydrogens is 376 g/mol. The molecule has 0 saturated heterocycles. The second-order valence-electron chi connectivity index (χ2n) is 8.39. The Labute approximate surface area is 177 Å². The van der Waals surface area contributed by atoms with Crippen LogP contribution in [0.1, 0.15) is 65.7 Å². The van der Waals surface area contributed by atoms with Crippen LogP contribution in [0.25, 0.3) is 10.6 Å². The molecule has 0 spiro atoms. The topological polar surface area (TPSA) is 41.9 Å². The zero-order valence-corrected chi connectivity index (χ0v) is 17.9. The Morgan fingerprint density at radius 2 is 1.90 bits per heavy atom. The van der Waals surface area contributed by atoms with Crippen LogP contribution < -0.4 is 0 Å². The summed E-state index contributed by atoms with van der Waals surface area (Å²) in [6.45, 7) is 5.10. The van der Waals surface area contributed by atoms with Crippen LogP contribution in [0.15, 0.2) is 36.5 Å². The van der Waals surface area contributed by atoms with Gasteiger partial charge in [0.25, 0.3) is 0 Å². The largest absolute Gasteiger partial charge is 0.293 e. The summed E-state index contributed by atoms with van der Waals surface area (Å²) in [4.78, 5) is 18.5. The lowest BCUT2D eigenvalue weighted by Gasteiger charge is -2.28. The minimum absolute atomic E-state index is 0.586. The lowest BCUT2D eigenvalue weighted by Crippen LogP contribution is -2.31. The van der Waals surface area contributed by atoms with Crippen molar-refractivity contribution in [1.29, 1.82) is 0 Å². The van der Waals surface area contributed by atoms with Crippen molar-refractivity contribution in [1.82, 2.24) is 19.9 Å². The number of hydrogen-bond acceptors (Lipinski definition) is 5. The molecule has 0 unspecified atom stereocenters. The Kier molecular flexibility index (Phi) is 5.42. The number of aromatic nitrogens is 3. The Hall–Kier alpha value is -2.11. The average Bonchev–Trinajstić information content (AvgIpc) is 3.15. The van der Waals surface area contributed by atoms with E-state index in [9.17, 15) is 0 Å². The number of aryl methyl sites for hydroxylation is 1. The van der Waals surface area contributed by atoms with Gasteiger partial charge in [-0.1, -0.05) is 49.6 Å². The molecular formula is C24H28N4S. The van der Waals surface area contributed by atoms with E-state index in [1.54, 1.807) is 0 Å². The smallest absolute Gasteiger partial charge is 0.131 e. The molecule has 150 valence electrons. The molecule has 1 fully saturated rings. The first-order valence-corrected chi connectivity index (χ1v) is 11.7. The van der Waals surface area contributed by atoms with E-state index >= 15 is 0 Å². The van der Waals surface area contributed by atoms with Gasteiger partial charge in [-0.15, -0.1) is 11.3 Å². The molecule has 3 aromatic rings. The summed E-state index contributed by atoms with van der Waals surface area (Å²) >= 11 is 1.82. The van der Waals surface area contributed by atoms with E-state index in [-0.39, 0.29) is 0 Å². The van der Waals surface area contributed by atoms with Gasteiger partial charge < -0.3 is 0 Å². The lowest BCUT2D eigenvalue weighted by atomic mass is 9.88. The highest BCUT2D eigenvalue weighted by atomic mass is 32.1. The molecule has 1 aliphatic heterocycles. The van der Waals surface area contributed by atoms with E-state index in [1.165, 1.54) is 53.8 Å². The van der Waals surface area contributed by atoms with E-state index in [0.717, 1.165) is 42.6 Å². The molecule has 0 radical (unpaired) electrons. The number of fused-ring (bicyclic) bond motifs is 1. The van der Waals surface area contributed by atoms with Gasteiger partial charge >= 0.3 is 0 Å². The van der Waals surface area contributed by atoms with Gasteiger partial charge in [-0.3, -0.25) is 4.90 Å². The van der Waals surface area contributed by atoms with Crippen LogP contribution in [-0.4, -0.2) is 26.4 Å². The summed E-state index contributed by atoms with van der Waals surface area (Å²) in [5.74, 6) is 1.69. The molecule has 0 amide bonds. The molecule has 2 aromatic heterocycles. The van der Waals surface area contributed by atoms with Gasteiger partial charge in [-0.05, 0) is 19.8 Å². The molecule has 5 heteroatoms. The summed E-state index contributed by atoms with van der Waals surface area (Å²) in [5.41, 5.74) is 4.95. The third-order valence-corrected chi connectivity index (χ3v) is 7.47. The van der Waals surface area contributed by atoms with Gasteiger partial charge in [0, 0.05) is 59.9 Å². The Morgan fingerprint density at radius 1 is 1.07 bits per heavy atom. The molecule has 1 saturated carbocycles. The summed E-state index contributed by atoms with van der Waals surface area (Å²) in [5, 5.41) is 1.12. The van der Waals surface area contributed by atoms with Crippen molar-refractivity contribution < 1.29 is 0 Å². The van der Waals surface area contributed by atoms with Crippen LogP contribution in [-0.2, 0) is 19.5 Å². The summed E-state index contributed by atoms with van der Waals surface area (Å²) in [6.07, 6.45) is 9.70. The SMILES string of the molecule is Cc1nc(-c2ccccc2)sc1CN1CCc2nc(C3CCCCC3)ncc2C1. The predicted molar refractivity (Wildman–Crippen MR) is 118 cm³/mol. The molecule has 3 heterocycles. The van der Waals surface area contributed by atoms with Gasteiger partial charge in [-0.25, -0.2) is 15.0 Å². The highest BCUT2D eigenvalue weighted by Gasteiger charge is 2.23. The number of hydrogen-bond donors (Lipinski definition) is 0. The molecule has 5 rings (SSSR count). The molecule has 0 bridgehead atoms. The van der Waals surface area contributed by atoms with Gasteiger partial charge in [0.15, 0.2) is 0 Å². The van der Waals surface area contributed by atoms with Crippen molar-refractivity contribution >= 4 is 11.3 Å². The zero-order chi connectivity index (χ0) is 19.6. The van der Waals surface area contributed by atoms with Crippen molar-refractivity contribution in [3.63, 3.8) is 0 Å². The standard InChI is InChI=1S/C24H28N4S/c1-17-22(29-24(26-17)19-10-6-3-7-11-19)16-28-13-12-21-20(15-28)14-25-23(27-21)18-8-4-2-5-9-18/h3,6-7,10-11,14,18H,2,4-5,8-9,12-13,15-16H2,1H3. The molecule has 29 heavy (non-hydrogen) atoms. The van der Waals surface area contributed by atoms with E-state index in [2.05, 4.69) is 48.4 Å². The second-order valence-corrected chi connectivity index (χ2v) is 9.47. The first-order chi connectivity index (χ1) is 14.3. The maximum absolute atomic E-state index is 4.99. The van der Waals surface area contributed by atoms with Crippen LogP contribution in [0.3, 0.4) is 0 Å². The Balaban J connectivity index is 1.28. The molecule has 0 atom stereocenters.